The van der Waals surface area contributed by atoms with Gasteiger partial charge in [0.1, 0.15) is 0 Å². The average Bonchev–Trinajstić information content (AvgIpc) is 2.14. The molecule has 1 aromatic heterocycles. The molecule has 1 rings (SSSR count). The maximum atomic E-state index is 10.3. The Labute approximate surface area is 51.9 Å². The molecular weight excluding hydrogens is 120 g/mol. The summed E-state index contributed by atoms with van der Waals surface area (Å²) in [5.41, 5.74) is 0. The third-order valence-corrected chi connectivity index (χ3v) is 1.07. The van der Waals surface area contributed by atoms with E-state index >= 15 is 0 Å². The summed E-state index contributed by atoms with van der Waals surface area (Å²) in [5, 5.41) is 2.46. The van der Waals surface area contributed by atoms with Gasteiger partial charge in [-0.05, 0) is 0 Å². The Morgan fingerprint density at radius 3 is 2.56 bits per heavy atom. The lowest BCUT2D eigenvalue weighted by atomic mass is 10.2. The van der Waals surface area contributed by atoms with Crippen LogP contribution < -0.4 is 10.9 Å². The first-order valence-corrected chi connectivity index (χ1v) is 2.81. The van der Waals surface area contributed by atoms with Crippen LogP contribution in [-0.2, 0) is 0 Å². The largest absolute Gasteiger partial charge is 0.546 e. The number of hydrogen-bond acceptors (Lipinski definition) is 2. The lowest BCUT2D eigenvalue weighted by Gasteiger charge is -1.85. The molecule has 2 N–H and O–H groups in total. The molecule has 0 aliphatic heterocycles. The van der Waals surface area contributed by atoms with Crippen LogP contribution in [0.25, 0.3) is 0 Å². The Bertz CT molecular complexity index is 235. The van der Waals surface area contributed by atoms with Crippen LogP contribution in [0.15, 0.2) is 9.32 Å². The van der Waals surface area contributed by atoms with Crippen LogP contribution in [-0.4, -0.2) is 4.98 Å². The van der Waals surface area contributed by atoms with E-state index in [2.05, 4.69) is 14.7 Å². The van der Waals surface area contributed by atoms with Gasteiger partial charge in [0, 0.05) is 0 Å². The smallest absolute Gasteiger partial charge is 0.218 e. The minimum atomic E-state index is -0.432. The second-order valence-electron chi connectivity index (χ2n) is 2.18. The SMILES string of the molecule is CC(C)c1[nH]c(=O)o[nH+]1. The van der Waals surface area contributed by atoms with E-state index in [0.29, 0.717) is 0 Å². The van der Waals surface area contributed by atoms with Gasteiger partial charge >= 0.3 is 5.76 Å². The molecule has 0 saturated heterocycles. The average molecular weight is 129 g/mol. The molecule has 0 atom stereocenters. The molecule has 0 fully saturated rings. The highest BCUT2D eigenvalue weighted by atomic mass is 16.5. The summed E-state index contributed by atoms with van der Waals surface area (Å²) in [7, 11) is 0. The Morgan fingerprint density at radius 1 is 1.67 bits per heavy atom. The highest BCUT2D eigenvalue weighted by Gasteiger charge is 2.10. The van der Waals surface area contributed by atoms with Crippen molar-refractivity contribution in [2.24, 2.45) is 0 Å². The van der Waals surface area contributed by atoms with Crippen molar-refractivity contribution >= 4 is 0 Å². The zero-order valence-corrected chi connectivity index (χ0v) is 5.39. The number of H-pyrrole nitrogens is 2. The molecule has 4 nitrogen and oxygen atoms in total. The van der Waals surface area contributed by atoms with Crippen molar-refractivity contribution in [3.05, 3.63) is 16.4 Å². The summed E-state index contributed by atoms with van der Waals surface area (Å²) < 4.78 is 4.39. The van der Waals surface area contributed by atoms with Crippen LogP contribution >= 0.6 is 0 Å². The molecular formula is C5H9N2O2+. The second kappa shape index (κ2) is 2.05. The van der Waals surface area contributed by atoms with E-state index in [0.717, 1.165) is 5.82 Å². The lowest BCUT2D eigenvalue weighted by molar-refractivity contribution is -0.620. The fraction of sp³-hybridized carbons (Fsp3) is 0.600. The third-order valence-electron chi connectivity index (χ3n) is 1.07. The van der Waals surface area contributed by atoms with Crippen molar-refractivity contribution in [1.29, 1.82) is 0 Å². The van der Waals surface area contributed by atoms with Gasteiger partial charge in [0.2, 0.25) is 0 Å². The summed E-state index contributed by atoms with van der Waals surface area (Å²) in [5.74, 6) is 0.565. The monoisotopic (exact) mass is 129 g/mol. The molecule has 1 heterocycles. The van der Waals surface area contributed by atoms with E-state index in [-0.39, 0.29) is 5.92 Å². The van der Waals surface area contributed by atoms with E-state index in [1.54, 1.807) is 0 Å². The standard InChI is InChI=1S/C5H8N2O2/c1-3(2)4-6-5(8)9-7-4/h3H,1-2H3,(H,6,7,8)/p+1. The summed E-state index contributed by atoms with van der Waals surface area (Å²) >= 11 is 0. The van der Waals surface area contributed by atoms with Crippen LogP contribution in [0.2, 0.25) is 0 Å². The molecule has 0 saturated carbocycles. The fourth-order valence-corrected chi connectivity index (χ4v) is 0.525. The minimum Gasteiger partial charge on any atom is -0.218 e. The number of rotatable bonds is 1. The predicted octanol–water partition coefficient (Wildman–Crippen LogP) is -0.0946. The van der Waals surface area contributed by atoms with Crippen molar-refractivity contribution in [1.82, 2.24) is 4.98 Å². The number of nitrogens with one attached hydrogen (secondary N) is 2. The van der Waals surface area contributed by atoms with Crippen molar-refractivity contribution in [3.63, 3.8) is 0 Å². The first-order valence-electron chi connectivity index (χ1n) is 2.81. The maximum Gasteiger partial charge on any atom is 0.546 e. The van der Waals surface area contributed by atoms with Gasteiger partial charge < -0.3 is 0 Å². The van der Waals surface area contributed by atoms with Gasteiger partial charge in [-0.3, -0.25) is 0 Å². The Kier molecular flexibility index (Phi) is 1.38. The molecule has 0 bridgehead atoms. The minimum absolute atomic E-state index is 0.274. The van der Waals surface area contributed by atoms with E-state index in [1.165, 1.54) is 0 Å². The van der Waals surface area contributed by atoms with E-state index in [1.807, 2.05) is 13.8 Å². The molecule has 4 heteroatoms. The van der Waals surface area contributed by atoms with Crippen LogP contribution in [0.3, 0.4) is 0 Å². The molecule has 9 heavy (non-hydrogen) atoms. The third kappa shape index (κ3) is 1.19. The molecule has 0 aliphatic rings. The van der Waals surface area contributed by atoms with E-state index < -0.39 is 5.76 Å². The molecule has 50 valence electrons. The molecule has 0 spiro atoms. The molecule has 0 unspecified atom stereocenters. The first kappa shape index (κ1) is 6.07. The number of hydrogen-bond donors (Lipinski definition) is 1. The Hall–Kier alpha value is -1.06. The molecule has 0 radical (unpaired) electrons. The van der Waals surface area contributed by atoms with Gasteiger partial charge in [0.05, 0.1) is 5.92 Å². The van der Waals surface area contributed by atoms with Gasteiger partial charge in [-0.25, -0.2) is 4.52 Å². The van der Waals surface area contributed by atoms with Gasteiger partial charge in [0.25, 0.3) is 5.82 Å². The predicted molar refractivity (Wildman–Crippen MR) is 30.0 cm³/mol. The normalized spacial score (nSPS) is 10.6. The Balaban J connectivity index is 2.98. The van der Waals surface area contributed by atoms with Gasteiger partial charge in [-0.15, -0.1) is 0 Å². The highest BCUT2D eigenvalue weighted by molar-refractivity contribution is 4.78. The van der Waals surface area contributed by atoms with Crippen LogP contribution in [0.4, 0.5) is 0 Å². The summed E-state index contributed by atoms with van der Waals surface area (Å²) in [6, 6.07) is 0. The Morgan fingerprint density at radius 2 is 2.33 bits per heavy atom. The number of aromatic nitrogens is 2. The lowest BCUT2D eigenvalue weighted by Crippen LogP contribution is -2.06. The zero-order chi connectivity index (χ0) is 6.85. The summed E-state index contributed by atoms with van der Waals surface area (Å²) in [4.78, 5) is 12.8. The fourth-order valence-electron chi connectivity index (χ4n) is 0.525. The molecule has 0 aliphatic carbocycles. The van der Waals surface area contributed by atoms with Crippen LogP contribution in [0, 0.1) is 0 Å². The highest BCUT2D eigenvalue weighted by Crippen LogP contribution is 2.00. The van der Waals surface area contributed by atoms with Crippen LogP contribution in [0.1, 0.15) is 25.6 Å². The second-order valence-corrected chi connectivity index (χ2v) is 2.18. The van der Waals surface area contributed by atoms with Crippen LogP contribution in [0.5, 0.6) is 0 Å². The quantitative estimate of drug-likeness (QED) is 0.575. The van der Waals surface area contributed by atoms with Gasteiger partial charge in [-0.2, -0.15) is 9.78 Å². The zero-order valence-electron chi connectivity index (χ0n) is 5.39. The topological polar surface area (TPSA) is 60.1 Å². The molecule has 0 amide bonds. The summed E-state index contributed by atoms with van der Waals surface area (Å²) in [6.45, 7) is 3.91. The first-order chi connectivity index (χ1) is 4.20. The maximum absolute atomic E-state index is 10.3. The number of aromatic amines is 2. The van der Waals surface area contributed by atoms with Crippen molar-refractivity contribution in [2.75, 3.05) is 0 Å². The van der Waals surface area contributed by atoms with Crippen molar-refractivity contribution in [3.8, 4) is 0 Å². The molecule has 0 aromatic carbocycles. The van der Waals surface area contributed by atoms with E-state index in [9.17, 15) is 4.79 Å². The molecule has 1 aromatic rings. The summed E-state index contributed by atoms with van der Waals surface area (Å²) in [6.07, 6.45) is 0. The van der Waals surface area contributed by atoms with Gasteiger partial charge in [0.15, 0.2) is 0 Å². The van der Waals surface area contributed by atoms with Crippen molar-refractivity contribution < 1.29 is 9.68 Å². The van der Waals surface area contributed by atoms with E-state index in [4.69, 9.17) is 0 Å². The van der Waals surface area contributed by atoms with Gasteiger partial charge in [-0.1, -0.05) is 19.0 Å². The van der Waals surface area contributed by atoms with Crippen molar-refractivity contribution in [2.45, 2.75) is 19.8 Å².